The van der Waals surface area contributed by atoms with Gasteiger partial charge in [0.05, 0.1) is 24.6 Å². The zero-order valence-corrected chi connectivity index (χ0v) is 28.5. The molecule has 2 aliphatic heterocycles. The molecule has 0 spiro atoms. The standard InChI is InChI=1S/C35H24BCl2F5N2O8/c1-53-22-11-14(6-10-21(22)46)5-9-20-17-7-8-18-23(31(48)44(30(18)47)16-4-2-3-15(12-16)36(51)52)19(17)13-34(37)32(49)45(33(50)35(20,34)38)29-27(42)25(40)24(39)26(41)28(29)43/h2-7,9-12,18-20,23,46,51-52H,8,13H2,1H3. The summed E-state index contributed by atoms with van der Waals surface area (Å²) in [5.74, 6) is -22.2. The lowest BCUT2D eigenvalue weighted by molar-refractivity contribution is -0.125. The Morgan fingerprint density at radius 2 is 1.53 bits per heavy atom. The van der Waals surface area contributed by atoms with Gasteiger partial charge in [-0.25, -0.2) is 26.9 Å². The summed E-state index contributed by atoms with van der Waals surface area (Å²) in [4.78, 5) is 51.8. The van der Waals surface area contributed by atoms with Gasteiger partial charge in [0.15, 0.2) is 44.5 Å². The van der Waals surface area contributed by atoms with Crippen molar-refractivity contribution in [3.63, 3.8) is 0 Å². The Morgan fingerprint density at radius 3 is 2.17 bits per heavy atom. The highest BCUT2D eigenvalue weighted by Crippen LogP contribution is 2.64. The summed E-state index contributed by atoms with van der Waals surface area (Å²) in [7, 11) is -0.646. The minimum absolute atomic E-state index is 0.00645. The van der Waals surface area contributed by atoms with E-state index in [9.17, 15) is 47.5 Å². The lowest BCUT2D eigenvalue weighted by Crippen LogP contribution is -2.60. The van der Waals surface area contributed by atoms with E-state index >= 15 is 8.78 Å². The number of halogens is 7. The van der Waals surface area contributed by atoms with Crippen LogP contribution in [0.3, 0.4) is 0 Å². The highest BCUT2D eigenvalue weighted by Gasteiger charge is 2.76. The molecule has 2 aliphatic carbocycles. The number of imide groups is 2. The monoisotopic (exact) mass is 776 g/mol. The number of carbonyl (C=O) groups excluding carboxylic acids is 4. The summed E-state index contributed by atoms with van der Waals surface area (Å²) in [6.45, 7) is 0. The highest BCUT2D eigenvalue weighted by molar-refractivity contribution is 6.59. The fourth-order valence-electron chi connectivity index (χ4n) is 7.90. The second-order valence-electron chi connectivity index (χ2n) is 13.0. The average Bonchev–Trinajstić information content (AvgIpc) is 3.48. The summed E-state index contributed by atoms with van der Waals surface area (Å²) in [6.07, 6.45) is 3.44. The fraction of sp³-hybridized carbons (Fsp3) is 0.257. The lowest BCUT2D eigenvalue weighted by atomic mass is 9.57. The van der Waals surface area contributed by atoms with Crippen molar-refractivity contribution in [2.45, 2.75) is 22.6 Å². The van der Waals surface area contributed by atoms with Gasteiger partial charge >= 0.3 is 7.12 Å². The van der Waals surface area contributed by atoms with Crippen LogP contribution in [-0.4, -0.2) is 62.8 Å². The van der Waals surface area contributed by atoms with Gasteiger partial charge in [-0.05, 0) is 54.1 Å². The molecule has 274 valence electrons. The van der Waals surface area contributed by atoms with Gasteiger partial charge in [0.25, 0.3) is 11.8 Å². The minimum Gasteiger partial charge on any atom is -0.504 e. The number of amides is 4. The van der Waals surface area contributed by atoms with Gasteiger partial charge in [-0.1, -0.05) is 42.0 Å². The summed E-state index contributed by atoms with van der Waals surface area (Å²) < 4.78 is 78.5. The fourth-order valence-corrected chi connectivity index (χ4v) is 8.79. The third-order valence-electron chi connectivity index (χ3n) is 10.4. The van der Waals surface area contributed by atoms with Crippen LogP contribution in [0.2, 0.25) is 0 Å². The Bertz CT molecular complexity index is 2200. The van der Waals surface area contributed by atoms with E-state index in [-0.39, 0.29) is 39.5 Å². The van der Waals surface area contributed by atoms with Gasteiger partial charge in [0.1, 0.15) is 5.69 Å². The van der Waals surface area contributed by atoms with Crippen LogP contribution in [0.4, 0.5) is 33.3 Å². The maximum atomic E-state index is 15.2. The number of hydrogen-bond acceptors (Lipinski definition) is 8. The molecular weight excluding hydrogens is 753 g/mol. The van der Waals surface area contributed by atoms with E-state index in [4.69, 9.17) is 27.9 Å². The Balaban J connectivity index is 1.39. The Labute approximate surface area is 306 Å². The molecule has 53 heavy (non-hydrogen) atoms. The maximum absolute atomic E-state index is 15.2. The third-order valence-corrected chi connectivity index (χ3v) is 11.8. The topological polar surface area (TPSA) is 145 Å². The molecule has 7 rings (SSSR count). The molecule has 2 heterocycles. The van der Waals surface area contributed by atoms with Gasteiger partial charge in [-0.15, -0.1) is 23.2 Å². The van der Waals surface area contributed by atoms with Crippen molar-refractivity contribution in [2.75, 3.05) is 16.9 Å². The first-order chi connectivity index (χ1) is 25.0. The summed E-state index contributed by atoms with van der Waals surface area (Å²) in [5.41, 5.74) is -1.35. The van der Waals surface area contributed by atoms with Gasteiger partial charge < -0.3 is 19.9 Å². The van der Waals surface area contributed by atoms with Gasteiger partial charge in [-0.2, -0.15) is 0 Å². The first-order valence-corrected chi connectivity index (χ1v) is 16.6. The third kappa shape index (κ3) is 5.06. The number of hydrogen-bond donors (Lipinski definition) is 3. The van der Waals surface area contributed by atoms with Crippen LogP contribution in [0.15, 0.2) is 60.2 Å². The van der Waals surface area contributed by atoms with Crippen molar-refractivity contribution in [1.29, 1.82) is 0 Å². The number of benzene rings is 3. The van der Waals surface area contributed by atoms with E-state index in [1.807, 2.05) is 0 Å². The number of ether oxygens (including phenoxy) is 1. The molecule has 0 radical (unpaired) electrons. The van der Waals surface area contributed by atoms with Gasteiger partial charge in [0, 0.05) is 5.92 Å². The molecular formula is C35H24BCl2F5N2O8. The highest BCUT2D eigenvalue weighted by atomic mass is 35.5. The molecule has 3 N–H and O–H groups in total. The molecule has 2 saturated heterocycles. The molecule has 4 amide bonds. The molecule has 3 aromatic rings. The average molecular weight is 777 g/mol. The lowest BCUT2D eigenvalue weighted by Gasteiger charge is -2.49. The maximum Gasteiger partial charge on any atom is 0.488 e. The molecule has 6 atom stereocenters. The smallest absolute Gasteiger partial charge is 0.488 e. The Kier molecular flexibility index (Phi) is 8.75. The van der Waals surface area contributed by atoms with Crippen molar-refractivity contribution in [2.24, 2.45) is 23.7 Å². The van der Waals surface area contributed by atoms with Crippen molar-refractivity contribution in [3.8, 4) is 11.5 Å². The number of phenolic OH excluding ortho intramolecular Hbond substituents is 1. The van der Waals surface area contributed by atoms with E-state index in [0.29, 0.717) is 5.56 Å². The number of anilines is 2. The number of alkyl halides is 2. The van der Waals surface area contributed by atoms with E-state index in [1.54, 1.807) is 0 Å². The van der Waals surface area contributed by atoms with Crippen LogP contribution in [0, 0.1) is 52.8 Å². The number of carbonyl (C=O) groups is 4. The molecule has 1 saturated carbocycles. The Hall–Kier alpha value is -4.77. The molecule has 10 nitrogen and oxygen atoms in total. The first kappa shape index (κ1) is 36.6. The van der Waals surface area contributed by atoms with Gasteiger partial charge in [0.2, 0.25) is 17.6 Å². The number of nitrogens with zero attached hydrogens (tertiary/aromatic N) is 2. The first-order valence-electron chi connectivity index (χ1n) is 15.9. The molecule has 3 aromatic carbocycles. The van der Waals surface area contributed by atoms with Crippen molar-refractivity contribution < 1.29 is 61.0 Å². The molecule has 0 aromatic heterocycles. The number of phenols is 1. The predicted molar refractivity (Wildman–Crippen MR) is 180 cm³/mol. The summed E-state index contributed by atoms with van der Waals surface area (Å²) in [5, 5.41) is 29.5. The Morgan fingerprint density at radius 1 is 0.868 bits per heavy atom. The van der Waals surface area contributed by atoms with Crippen LogP contribution >= 0.6 is 23.2 Å². The second kappa shape index (κ2) is 12.7. The van der Waals surface area contributed by atoms with Crippen molar-refractivity contribution >= 4 is 76.9 Å². The van der Waals surface area contributed by atoms with E-state index in [2.05, 4.69) is 0 Å². The van der Waals surface area contributed by atoms with Crippen LogP contribution < -0.4 is 20.0 Å². The van der Waals surface area contributed by atoms with Crippen LogP contribution in [0.1, 0.15) is 18.4 Å². The molecule has 6 unspecified atom stereocenters. The van der Waals surface area contributed by atoms with E-state index in [0.717, 1.165) is 4.90 Å². The largest absolute Gasteiger partial charge is 0.504 e. The zero-order chi connectivity index (χ0) is 38.5. The number of allylic oxidation sites excluding steroid dienone is 3. The van der Waals surface area contributed by atoms with Crippen LogP contribution in [-0.2, 0) is 19.2 Å². The molecule has 18 heteroatoms. The van der Waals surface area contributed by atoms with E-state index < -0.39 is 105 Å². The number of fused-ring (bicyclic) bond motifs is 4. The SMILES string of the molecule is COc1cc(C=CC2C3=CCC4C(=O)N(c5cccc(B(O)O)c5)C(=O)C4C3CC3(Cl)C(=O)N(c4c(F)c(F)c(F)c(F)c4F)C(=O)C23Cl)ccc1O. The van der Waals surface area contributed by atoms with E-state index in [1.165, 1.54) is 67.8 Å². The number of rotatable bonds is 6. The number of methoxy groups -OCH3 is 1. The number of aromatic hydroxyl groups is 1. The minimum atomic E-state index is -2.70. The second-order valence-corrected chi connectivity index (χ2v) is 14.2. The quantitative estimate of drug-likeness (QED) is 0.0647. The molecule has 4 aliphatic rings. The normalized spacial score (nSPS) is 28.0. The van der Waals surface area contributed by atoms with Crippen LogP contribution in [0.5, 0.6) is 11.5 Å². The van der Waals surface area contributed by atoms with Crippen LogP contribution in [0.25, 0.3) is 6.08 Å². The van der Waals surface area contributed by atoms with Crippen molar-refractivity contribution in [1.82, 2.24) is 0 Å². The zero-order valence-electron chi connectivity index (χ0n) is 27.0. The van der Waals surface area contributed by atoms with Crippen molar-refractivity contribution in [3.05, 3.63) is 94.8 Å². The predicted octanol–water partition coefficient (Wildman–Crippen LogP) is 4.09. The van der Waals surface area contributed by atoms with Gasteiger partial charge in [-0.3, -0.25) is 24.1 Å². The molecule has 0 bridgehead atoms. The summed E-state index contributed by atoms with van der Waals surface area (Å²) in [6, 6.07) is 9.46. The molecule has 3 fully saturated rings. The summed E-state index contributed by atoms with van der Waals surface area (Å²) >= 11 is 14.2.